The Labute approximate surface area is 131 Å². The zero-order valence-electron chi connectivity index (χ0n) is 12.6. The van der Waals surface area contributed by atoms with Gasteiger partial charge in [-0.1, -0.05) is 11.6 Å². The van der Waals surface area contributed by atoms with Gasteiger partial charge in [-0.25, -0.2) is 0 Å². The minimum absolute atomic E-state index is 0.127. The van der Waals surface area contributed by atoms with Crippen molar-refractivity contribution in [1.29, 1.82) is 5.26 Å². The number of nitriles is 1. The fraction of sp³-hybridized carbons (Fsp3) is 0.562. The molecule has 0 spiro atoms. The first-order valence-corrected chi connectivity index (χ1v) is 7.66. The Morgan fingerprint density at radius 2 is 2.24 bits per heavy atom. The third kappa shape index (κ3) is 4.03. The van der Waals surface area contributed by atoms with Gasteiger partial charge in [0.05, 0.1) is 25.7 Å². The number of piperidine rings is 1. The summed E-state index contributed by atoms with van der Waals surface area (Å²) < 4.78 is 10.9. The van der Waals surface area contributed by atoms with Crippen molar-refractivity contribution in [3.05, 3.63) is 22.7 Å². The fourth-order valence-electron chi connectivity index (χ4n) is 2.67. The molecular formula is C16H21ClN2O2. The molecule has 0 amide bonds. The minimum atomic E-state index is 0.127. The highest BCUT2D eigenvalue weighted by Crippen LogP contribution is 2.34. The Morgan fingerprint density at radius 1 is 1.43 bits per heavy atom. The van der Waals surface area contributed by atoms with E-state index in [0.717, 1.165) is 38.0 Å². The van der Waals surface area contributed by atoms with Crippen molar-refractivity contribution in [2.24, 2.45) is 5.92 Å². The quantitative estimate of drug-likeness (QED) is 0.835. The van der Waals surface area contributed by atoms with Crippen LogP contribution in [0.15, 0.2) is 12.1 Å². The molecule has 0 aromatic heterocycles. The summed E-state index contributed by atoms with van der Waals surface area (Å²) in [7, 11) is 1.63. The second-order valence-electron chi connectivity index (χ2n) is 5.23. The Kier molecular flexibility index (Phi) is 5.72. The van der Waals surface area contributed by atoms with E-state index in [1.165, 1.54) is 0 Å². The molecule has 1 aliphatic heterocycles. The normalized spacial score (nSPS) is 19.0. The molecule has 4 nitrogen and oxygen atoms in total. The second-order valence-corrected chi connectivity index (χ2v) is 5.64. The zero-order chi connectivity index (χ0) is 15.2. The molecule has 1 aromatic carbocycles. The van der Waals surface area contributed by atoms with Gasteiger partial charge in [0.1, 0.15) is 0 Å². The molecule has 0 radical (unpaired) electrons. The number of benzene rings is 1. The first kappa shape index (κ1) is 15.9. The van der Waals surface area contributed by atoms with Crippen LogP contribution < -0.4 is 9.47 Å². The van der Waals surface area contributed by atoms with Crippen LogP contribution in [0.5, 0.6) is 11.5 Å². The highest BCUT2D eigenvalue weighted by Gasteiger charge is 2.21. The van der Waals surface area contributed by atoms with Gasteiger partial charge in [-0.15, -0.1) is 0 Å². The molecule has 1 atom stereocenters. The summed E-state index contributed by atoms with van der Waals surface area (Å²) in [5.41, 5.74) is 1.01. The maximum Gasteiger partial charge on any atom is 0.162 e. The molecule has 1 fully saturated rings. The molecule has 1 aromatic rings. The largest absolute Gasteiger partial charge is 0.493 e. The van der Waals surface area contributed by atoms with Crippen LogP contribution in [-0.4, -0.2) is 31.7 Å². The predicted molar refractivity (Wildman–Crippen MR) is 82.8 cm³/mol. The number of likely N-dealkylation sites (tertiary alicyclic amines) is 1. The van der Waals surface area contributed by atoms with Crippen LogP contribution in [0.1, 0.15) is 25.3 Å². The molecule has 114 valence electrons. The van der Waals surface area contributed by atoms with Crippen molar-refractivity contribution >= 4 is 11.6 Å². The van der Waals surface area contributed by atoms with Gasteiger partial charge in [0.15, 0.2) is 11.5 Å². The molecule has 1 heterocycles. The van der Waals surface area contributed by atoms with Crippen molar-refractivity contribution in [1.82, 2.24) is 4.90 Å². The lowest BCUT2D eigenvalue weighted by Gasteiger charge is -2.29. The average molecular weight is 309 g/mol. The van der Waals surface area contributed by atoms with Crippen molar-refractivity contribution in [2.75, 3.05) is 26.8 Å². The maximum atomic E-state index is 9.07. The summed E-state index contributed by atoms with van der Waals surface area (Å²) in [4.78, 5) is 2.28. The summed E-state index contributed by atoms with van der Waals surface area (Å²) in [6.45, 7) is 5.05. The van der Waals surface area contributed by atoms with Crippen molar-refractivity contribution in [2.45, 2.75) is 26.3 Å². The van der Waals surface area contributed by atoms with Gasteiger partial charge in [-0.3, -0.25) is 4.90 Å². The molecule has 0 N–H and O–H groups in total. The van der Waals surface area contributed by atoms with E-state index in [1.54, 1.807) is 7.11 Å². The minimum Gasteiger partial charge on any atom is -0.493 e. The van der Waals surface area contributed by atoms with Crippen LogP contribution in [0.2, 0.25) is 5.02 Å². The van der Waals surface area contributed by atoms with E-state index < -0.39 is 0 Å². The molecule has 1 aliphatic rings. The third-order valence-corrected chi connectivity index (χ3v) is 4.07. The van der Waals surface area contributed by atoms with Gasteiger partial charge >= 0.3 is 0 Å². The molecule has 0 aliphatic carbocycles. The molecule has 21 heavy (non-hydrogen) atoms. The van der Waals surface area contributed by atoms with Crippen molar-refractivity contribution in [3.63, 3.8) is 0 Å². The highest BCUT2D eigenvalue weighted by molar-refractivity contribution is 6.31. The van der Waals surface area contributed by atoms with Gasteiger partial charge in [0.2, 0.25) is 0 Å². The van der Waals surface area contributed by atoms with E-state index in [-0.39, 0.29) is 5.92 Å². The standard InChI is InChI=1S/C16H21ClN2O2/c1-3-21-16-8-14(17)13(7-15(16)20-2)11-19-6-4-5-12(9-18)10-19/h7-8,12H,3-6,10-11H2,1-2H3. The summed E-state index contributed by atoms with van der Waals surface area (Å²) >= 11 is 6.36. The monoisotopic (exact) mass is 308 g/mol. The number of nitrogens with zero attached hydrogens (tertiary/aromatic N) is 2. The van der Waals surface area contributed by atoms with Gasteiger partial charge in [0, 0.05) is 24.2 Å². The number of hydrogen-bond donors (Lipinski definition) is 0. The number of halogens is 1. The van der Waals surface area contributed by atoms with Crippen molar-refractivity contribution < 1.29 is 9.47 Å². The second kappa shape index (κ2) is 7.53. The lowest BCUT2D eigenvalue weighted by Crippen LogP contribution is -2.34. The summed E-state index contributed by atoms with van der Waals surface area (Å²) in [6.07, 6.45) is 2.05. The summed E-state index contributed by atoms with van der Waals surface area (Å²) in [5, 5.41) is 9.75. The topological polar surface area (TPSA) is 45.5 Å². The molecule has 0 saturated carbocycles. The van der Waals surface area contributed by atoms with Gasteiger partial charge in [-0.2, -0.15) is 5.26 Å². The Balaban J connectivity index is 2.14. The van der Waals surface area contributed by atoms with E-state index >= 15 is 0 Å². The lowest BCUT2D eigenvalue weighted by molar-refractivity contribution is 0.192. The number of hydrogen-bond acceptors (Lipinski definition) is 4. The smallest absolute Gasteiger partial charge is 0.162 e. The SMILES string of the molecule is CCOc1cc(Cl)c(CN2CCCC(C#N)C2)cc1OC. The summed E-state index contributed by atoms with van der Waals surface area (Å²) in [5.74, 6) is 1.49. The Bertz CT molecular complexity index is 528. The van der Waals surface area contributed by atoms with Crippen LogP contribution in [0.4, 0.5) is 0 Å². The first-order chi connectivity index (χ1) is 10.2. The van der Waals surface area contributed by atoms with Crippen LogP contribution in [0.3, 0.4) is 0 Å². The lowest BCUT2D eigenvalue weighted by atomic mass is 9.99. The van der Waals surface area contributed by atoms with E-state index in [9.17, 15) is 0 Å². The highest BCUT2D eigenvalue weighted by atomic mass is 35.5. The van der Waals surface area contributed by atoms with E-state index in [4.69, 9.17) is 26.3 Å². The van der Waals surface area contributed by atoms with Gasteiger partial charge in [0.25, 0.3) is 0 Å². The molecular weight excluding hydrogens is 288 g/mol. The molecule has 1 saturated heterocycles. The summed E-state index contributed by atoms with van der Waals surface area (Å²) in [6, 6.07) is 6.11. The predicted octanol–water partition coefficient (Wildman–Crippen LogP) is 3.48. The van der Waals surface area contributed by atoms with E-state index in [1.807, 2.05) is 19.1 Å². The van der Waals surface area contributed by atoms with Crippen LogP contribution in [0, 0.1) is 17.2 Å². The van der Waals surface area contributed by atoms with E-state index in [2.05, 4.69) is 11.0 Å². The molecule has 1 unspecified atom stereocenters. The van der Waals surface area contributed by atoms with Crippen LogP contribution in [-0.2, 0) is 6.54 Å². The molecule has 0 bridgehead atoms. The number of ether oxygens (including phenoxy) is 2. The number of rotatable bonds is 5. The fourth-order valence-corrected chi connectivity index (χ4v) is 2.89. The molecule has 5 heteroatoms. The van der Waals surface area contributed by atoms with Crippen molar-refractivity contribution in [3.8, 4) is 17.6 Å². The third-order valence-electron chi connectivity index (χ3n) is 3.71. The Hall–Kier alpha value is -1.44. The molecule has 2 rings (SSSR count). The zero-order valence-corrected chi connectivity index (χ0v) is 13.3. The Morgan fingerprint density at radius 3 is 2.90 bits per heavy atom. The first-order valence-electron chi connectivity index (χ1n) is 7.29. The van der Waals surface area contributed by atoms with Crippen LogP contribution >= 0.6 is 11.6 Å². The van der Waals surface area contributed by atoms with Gasteiger partial charge < -0.3 is 9.47 Å². The maximum absolute atomic E-state index is 9.07. The average Bonchev–Trinajstić information content (AvgIpc) is 2.50. The van der Waals surface area contributed by atoms with Crippen LogP contribution in [0.25, 0.3) is 0 Å². The number of methoxy groups -OCH3 is 1. The van der Waals surface area contributed by atoms with E-state index in [0.29, 0.717) is 23.1 Å². The van der Waals surface area contributed by atoms with Gasteiger partial charge in [-0.05, 0) is 37.9 Å².